The zero-order chi connectivity index (χ0) is 17.4. The number of hydrogen-bond acceptors (Lipinski definition) is 1. The molecule has 0 spiro atoms. The maximum Gasteiger partial charge on any atom is 0.416 e. The quantitative estimate of drug-likeness (QED) is 0.839. The lowest BCUT2D eigenvalue weighted by Crippen LogP contribution is -2.07. The molecule has 0 radical (unpaired) electrons. The van der Waals surface area contributed by atoms with E-state index in [4.69, 9.17) is 5.11 Å². The van der Waals surface area contributed by atoms with Crippen LogP contribution in [0.1, 0.15) is 29.4 Å². The maximum absolute atomic E-state index is 12.9. The number of halogens is 3. The van der Waals surface area contributed by atoms with Crippen molar-refractivity contribution in [1.82, 2.24) is 4.57 Å². The molecule has 1 aromatic carbocycles. The molecule has 122 valence electrons. The fourth-order valence-electron chi connectivity index (χ4n) is 2.45. The number of aliphatic carboxylic acids is 1. The molecule has 1 N–H and O–H groups in total. The van der Waals surface area contributed by atoms with Gasteiger partial charge >= 0.3 is 12.1 Å². The molecule has 0 saturated heterocycles. The number of benzene rings is 1. The van der Waals surface area contributed by atoms with E-state index in [2.05, 4.69) is 0 Å². The first-order valence-electron chi connectivity index (χ1n) is 6.89. The summed E-state index contributed by atoms with van der Waals surface area (Å²) in [5.41, 5.74) is 1.91. The Morgan fingerprint density at radius 1 is 1.22 bits per heavy atom. The first kappa shape index (κ1) is 16.9. The minimum atomic E-state index is -4.41. The topological polar surface area (TPSA) is 42.2 Å². The highest BCUT2D eigenvalue weighted by molar-refractivity contribution is 5.91. The summed E-state index contributed by atoms with van der Waals surface area (Å²) in [7, 11) is 0. The summed E-state index contributed by atoms with van der Waals surface area (Å²) in [4.78, 5) is 10.9. The second kappa shape index (κ2) is 5.95. The smallest absolute Gasteiger partial charge is 0.416 e. The van der Waals surface area contributed by atoms with Gasteiger partial charge in [-0.15, -0.1) is 0 Å². The standard InChI is InChI=1S/C17H16F3NO2/c1-10(16(22)23)7-13-8-11(2)21(12(13)3)15-6-4-5-14(9-15)17(18,19)20/h4-9H,1-3H3,(H,22,23)/b10-7+. The predicted octanol–water partition coefficient (Wildman–Crippen LogP) is 4.60. The normalized spacial score (nSPS) is 12.5. The van der Waals surface area contributed by atoms with Crippen molar-refractivity contribution < 1.29 is 23.1 Å². The van der Waals surface area contributed by atoms with Gasteiger partial charge in [-0.05, 0) is 56.7 Å². The molecule has 0 saturated carbocycles. The predicted molar refractivity (Wildman–Crippen MR) is 81.5 cm³/mol. The maximum atomic E-state index is 12.9. The van der Waals surface area contributed by atoms with E-state index in [1.165, 1.54) is 19.1 Å². The number of carbonyl (C=O) groups is 1. The van der Waals surface area contributed by atoms with Crippen molar-refractivity contribution in [1.29, 1.82) is 0 Å². The number of aromatic nitrogens is 1. The van der Waals surface area contributed by atoms with Crippen LogP contribution in [0.3, 0.4) is 0 Å². The summed E-state index contributed by atoms with van der Waals surface area (Å²) in [5, 5.41) is 8.95. The Morgan fingerprint density at radius 3 is 2.43 bits per heavy atom. The molecule has 23 heavy (non-hydrogen) atoms. The van der Waals surface area contributed by atoms with Crippen molar-refractivity contribution in [2.45, 2.75) is 26.9 Å². The van der Waals surface area contributed by atoms with Crippen LogP contribution in [-0.2, 0) is 11.0 Å². The first-order chi connectivity index (χ1) is 10.6. The van der Waals surface area contributed by atoms with E-state index in [-0.39, 0.29) is 5.57 Å². The van der Waals surface area contributed by atoms with Crippen LogP contribution in [0, 0.1) is 13.8 Å². The summed E-state index contributed by atoms with van der Waals surface area (Å²) < 4.78 is 40.3. The zero-order valence-electron chi connectivity index (χ0n) is 12.9. The van der Waals surface area contributed by atoms with E-state index >= 15 is 0 Å². The molecule has 1 heterocycles. The molecule has 2 rings (SSSR count). The number of rotatable bonds is 3. The average molecular weight is 323 g/mol. The molecular weight excluding hydrogens is 307 g/mol. The Kier molecular flexibility index (Phi) is 4.36. The lowest BCUT2D eigenvalue weighted by atomic mass is 10.1. The van der Waals surface area contributed by atoms with Crippen molar-refractivity contribution in [2.75, 3.05) is 0 Å². The minimum absolute atomic E-state index is 0.161. The van der Waals surface area contributed by atoms with Crippen molar-refractivity contribution in [3.8, 4) is 5.69 Å². The van der Waals surface area contributed by atoms with Crippen molar-refractivity contribution in [3.63, 3.8) is 0 Å². The number of carboxylic acid groups (broad SMARTS) is 1. The van der Waals surface area contributed by atoms with E-state index in [9.17, 15) is 18.0 Å². The van der Waals surface area contributed by atoms with E-state index < -0.39 is 17.7 Å². The summed E-state index contributed by atoms with van der Waals surface area (Å²) in [6.07, 6.45) is -2.90. The molecule has 0 aliphatic carbocycles. The van der Waals surface area contributed by atoms with E-state index in [1.807, 2.05) is 0 Å². The summed E-state index contributed by atoms with van der Waals surface area (Å²) in [5.74, 6) is -1.03. The zero-order valence-corrected chi connectivity index (χ0v) is 12.9. The Hall–Kier alpha value is -2.50. The molecule has 0 unspecified atom stereocenters. The van der Waals surface area contributed by atoms with E-state index in [0.717, 1.165) is 17.8 Å². The van der Waals surface area contributed by atoms with Crippen molar-refractivity contribution in [3.05, 3.63) is 58.4 Å². The third-order valence-corrected chi connectivity index (χ3v) is 3.61. The Bertz CT molecular complexity index is 786. The first-order valence-corrected chi connectivity index (χ1v) is 6.89. The molecule has 0 aliphatic rings. The van der Waals surface area contributed by atoms with Crippen molar-refractivity contribution in [2.24, 2.45) is 0 Å². The number of hydrogen-bond donors (Lipinski definition) is 1. The van der Waals surface area contributed by atoms with E-state index in [0.29, 0.717) is 16.9 Å². The van der Waals surface area contributed by atoms with Gasteiger partial charge in [-0.3, -0.25) is 0 Å². The van der Waals surface area contributed by atoms with Gasteiger partial charge in [-0.25, -0.2) is 4.79 Å². The van der Waals surface area contributed by atoms with Crippen LogP contribution in [0.25, 0.3) is 11.8 Å². The molecule has 6 heteroatoms. The second-order valence-electron chi connectivity index (χ2n) is 5.34. The van der Waals surface area contributed by atoms with Gasteiger partial charge in [0, 0.05) is 22.6 Å². The fraction of sp³-hybridized carbons (Fsp3) is 0.235. The summed E-state index contributed by atoms with van der Waals surface area (Å²) in [6, 6.07) is 6.80. The SMILES string of the molecule is C/C(=C\c1cc(C)n(-c2cccc(C(F)(F)F)c2)c1C)C(=O)O. The van der Waals surface area contributed by atoms with Gasteiger partial charge in [-0.2, -0.15) is 13.2 Å². The van der Waals surface area contributed by atoms with Gasteiger partial charge in [0.15, 0.2) is 0 Å². The Morgan fingerprint density at radius 2 is 1.87 bits per heavy atom. The summed E-state index contributed by atoms with van der Waals surface area (Å²) >= 11 is 0. The summed E-state index contributed by atoms with van der Waals surface area (Å²) in [6.45, 7) is 4.98. The van der Waals surface area contributed by atoms with Crippen LogP contribution in [0.5, 0.6) is 0 Å². The molecule has 2 aromatic rings. The fourth-order valence-corrected chi connectivity index (χ4v) is 2.45. The number of aryl methyl sites for hydroxylation is 1. The lowest BCUT2D eigenvalue weighted by molar-refractivity contribution is -0.137. The second-order valence-corrected chi connectivity index (χ2v) is 5.34. The molecule has 3 nitrogen and oxygen atoms in total. The minimum Gasteiger partial charge on any atom is -0.478 e. The molecule has 0 bridgehead atoms. The van der Waals surface area contributed by atoms with E-state index in [1.54, 1.807) is 30.5 Å². The van der Waals surface area contributed by atoms with Gasteiger partial charge in [0.2, 0.25) is 0 Å². The highest BCUT2D eigenvalue weighted by atomic mass is 19.4. The van der Waals surface area contributed by atoms with Crippen LogP contribution in [0.15, 0.2) is 35.9 Å². The monoisotopic (exact) mass is 323 g/mol. The van der Waals surface area contributed by atoms with Crippen molar-refractivity contribution >= 4 is 12.0 Å². The number of nitrogens with zero attached hydrogens (tertiary/aromatic N) is 1. The van der Waals surface area contributed by atoms with Crippen LogP contribution in [0.4, 0.5) is 13.2 Å². The molecule has 0 atom stereocenters. The van der Waals surface area contributed by atoms with Gasteiger partial charge in [0.1, 0.15) is 0 Å². The third-order valence-electron chi connectivity index (χ3n) is 3.61. The highest BCUT2D eigenvalue weighted by Gasteiger charge is 2.30. The Balaban J connectivity index is 2.56. The number of carboxylic acids is 1. The molecule has 0 aliphatic heterocycles. The molecule has 0 fully saturated rings. The molecule has 1 aromatic heterocycles. The highest BCUT2D eigenvalue weighted by Crippen LogP contribution is 2.31. The molecular formula is C17H16F3NO2. The van der Waals surface area contributed by atoms with Crippen LogP contribution < -0.4 is 0 Å². The number of alkyl halides is 3. The van der Waals surface area contributed by atoms with Crippen LogP contribution >= 0.6 is 0 Å². The van der Waals surface area contributed by atoms with Gasteiger partial charge in [-0.1, -0.05) is 6.07 Å². The van der Waals surface area contributed by atoms with Crippen LogP contribution in [-0.4, -0.2) is 15.6 Å². The van der Waals surface area contributed by atoms with Gasteiger partial charge in [0.25, 0.3) is 0 Å². The lowest BCUT2D eigenvalue weighted by Gasteiger charge is -2.13. The third kappa shape index (κ3) is 3.47. The van der Waals surface area contributed by atoms with Gasteiger partial charge in [0.05, 0.1) is 5.56 Å². The average Bonchev–Trinajstić information content (AvgIpc) is 2.72. The largest absolute Gasteiger partial charge is 0.478 e. The molecule has 0 amide bonds. The Labute approximate surface area is 131 Å². The van der Waals surface area contributed by atoms with Gasteiger partial charge < -0.3 is 9.67 Å². The van der Waals surface area contributed by atoms with Crippen LogP contribution in [0.2, 0.25) is 0 Å².